The van der Waals surface area contributed by atoms with Crippen molar-refractivity contribution in [2.45, 2.75) is 121 Å². The van der Waals surface area contributed by atoms with Gasteiger partial charge in [-0.05, 0) is 56.4 Å². The molecule has 2 saturated heterocycles. The fraction of sp³-hybridized carbons (Fsp3) is 0.778. The summed E-state index contributed by atoms with van der Waals surface area (Å²) in [6.45, 7) is 6.22. The number of amides is 1. The molecule has 0 radical (unpaired) electrons. The number of unbranched alkanes of at least 4 members (excludes halogenated alkanes) is 6. The molecule has 5 heteroatoms. The van der Waals surface area contributed by atoms with Crippen molar-refractivity contribution in [2.75, 3.05) is 13.1 Å². The minimum atomic E-state index is -0.395. The molecule has 1 amide bonds. The highest BCUT2D eigenvalue weighted by molar-refractivity contribution is 6.00. The van der Waals surface area contributed by atoms with Crippen molar-refractivity contribution in [1.29, 1.82) is 0 Å². The van der Waals surface area contributed by atoms with E-state index in [1.165, 1.54) is 38.5 Å². The maximum atomic E-state index is 12.9. The van der Waals surface area contributed by atoms with Gasteiger partial charge in [-0.15, -0.1) is 0 Å². The van der Waals surface area contributed by atoms with Crippen molar-refractivity contribution in [2.24, 2.45) is 0 Å². The van der Waals surface area contributed by atoms with Crippen molar-refractivity contribution >= 4 is 11.7 Å². The van der Waals surface area contributed by atoms with Gasteiger partial charge in [0.05, 0.1) is 24.7 Å². The van der Waals surface area contributed by atoms with Crippen LogP contribution in [0.3, 0.4) is 0 Å². The zero-order valence-corrected chi connectivity index (χ0v) is 20.2. The van der Waals surface area contributed by atoms with E-state index in [0.717, 1.165) is 51.6 Å². The SMILES string of the molecule is CCCCCCN(CCCCCC)C(=O)CC1CC(CC2CCC3(C=CC(=O)C=C3)O2)O1. The number of ketones is 1. The summed E-state index contributed by atoms with van der Waals surface area (Å²) in [6.07, 6.45) is 21.2. The molecule has 180 valence electrons. The number of hydrogen-bond acceptors (Lipinski definition) is 4. The van der Waals surface area contributed by atoms with Crippen LogP contribution in [-0.4, -0.2) is 53.6 Å². The van der Waals surface area contributed by atoms with Gasteiger partial charge in [0.1, 0.15) is 5.60 Å². The van der Waals surface area contributed by atoms with E-state index in [4.69, 9.17) is 9.47 Å². The van der Waals surface area contributed by atoms with Gasteiger partial charge in [0.25, 0.3) is 0 Å². The Morgan fingerprint density at radius 3 is 2.19 bits per heavy atom. The lowest BCUT2D eigenvalue weighted by Gasteiger charge is -2.38. The molecule has 32 heavy (non-hydrogen) atoms. The zero-order valence-electron chi connectivity index (χ0n) is 20.2. The van der Waals surface area contributed by atoms with Crippen molar-refractivity contribution in [3.8, 4) is 0 Å². The number of allylic oxidation sites excluding steroid dienone is 2. The molecule has 2 fully saturated rings. The molecule has 2 heterocycles. The molecular formula is C27H43NO4. The van der Waals surface area contributed by atoms with Gasteiger partial charge >= 0.3 is 0 Å². The van der Waals surface area contributed by atoms with E-state index in [9.17, 15) is 9.59 Å². The summed E-state index contributed by atoms with van der Waals surface area (Å²) in [6, 6.07) is 0. The summed E-state index contributed by atoms with van der Waals surface area (Å²) in [5.41, 5.74) is -0.395. The summed E-state index contributed by atoms with van der Waals surface area (Å²) in [5, 5.41) is 0. The number of nitrogens with zero attached hydrogens (tertiary/aromatic N) is 1. The Kier molecular flexibility index (Phi) is 9.98. The van der Waals surface area contributed by atoms with Gasteiger partial charge in [0.2, 0.25) is 5.91 Å². The van der Waals surface area contributed by atoms with Gasteiger partial charge in [0, 0.05) is 19.5 Å². The van der Waals surface area contributed by atoms with Crippen molar-refractivity contribution in [3.63, 3.8) is 0 Å². The highest BCUT2D eigenvalue weighted by Crippen LogP contribution is 2.38. The summed E-state index contributed by atoms with van der Waals surface area (Å²) < 4.78 is 12.3. The fourth-order valence-corrected chi connectivity index (χ4v) is 5.06. The molecule has 0 aromatic heterocycles. The second-order valence-corrected chi connectivity index (χ2v) is 9.86. The minimum Gasteiger partial charge on any atom is -0.374 e. The average molecular weight is 446 g/mol. The molecule has 1 spiro atoms. The van der Waals surface area contributed by atoms with E-state index in [2.05, 4.69) is 18.7 Å². The van der Waals surface area contributed by atoms with Crippen LogP contribution < -0.4 is 0 Å². The third-order valence-electron chi connectivity index (χ3n) is 7.06. The Morgan fingerprint density at radius 2 is 1.59 bits per heavy atom. The van der Waals surface area contributed by atoms with Crippen LogP contribution in [0.1, 0.15) is 97.3 Å². The van der Waals surface area contributed by atoms with Crippen LogP contribution in [0.25, 0.3) is 0 Å². The van der Waals surface area contributed by atoms with Gasteiger partial charge in [-0.1, -0.05) is 52.4 Å². The average Bonchev–Trinajstić information content (AvgIpc) is 3.15. The number of carbonyl (C=O) groups is 2. The fourth-order valence-electron chi connectivity index (χ4n) is 5.06. The predicted molar refractivity (Wildman–Crippen MR) is 128 cm³/mol. The molecule has 3 aliphatic rings. The topological polar surface area (TPSA) is 55.8 Å². The molecule has 3 rings (SSSR count). The highest BCUT2D eigenvalue weighted by atomic mass is 16.5. The Labute approximate surface area is 194 Å². The summed E-state index contributed by atoms with van der Waals surface area (Å²) in [5.74, 6) is 0.293. The largest absolute Gasteiger partial charge is 0.374 e. The molecule has 0 aromatic rings. The normalized spacial score (nSPS) is 25.9. The first-order valence-electron chi connectivity index (χ1n) is 13.1. The first-order valence-corrected chi connectivity index (χ1v) is 13.1. The lowest BCUT2D eigenvalue weighted by atomic mass is 9.93. The van der Waals surface area contributed by atoms with Crippen LogP contribution in [-0.2, 0) is 19.1 Å². The Balaban J connectivity index is 1.36. The van der Waals surface area contributed by atoms with Crippen LogP contribution in [0.2, 0.25) is 0 Å². The smallest absolute Gasteiger partial charge is 0.225 e. The van der Waals surface area contributed by atoms with Crippen LogP contribution >= 0.6 is 0 Å². The monoisotopic (exact) mass is 445 g/mol. The molecule has 2 aliphatic heterocycles. The van der Waals surface area contributed by atoms with E-state index < -0.39 is 5.60 Å². The van der Waals surface area contributed by atoms with Crippen LogP contribution in [0.15, 0.2) is 24.3 Å². The summed E-state index contributed by atoms with van der Waals surface area (Å²) in [4.78, 5) is 26.4. The molecule has 0 aromatic carbocycles. The van der Waals surface area contributed by atoms with Gasteiger partial charge in [-0.3, -0.25) is 9.59 Å². The summed E-state index contributed by atoms with van der Waals surface area (Å²) >= 11 is 0. The van der Waals surface area contributed by atoms with E-state index in [-0.39, 0.29) is 30.0 Å². The van der Waals surface area contributed by atoms with Gasteiger partial charge < -0.3 is 14.4 Å². The third kappa shape index (κ3) is 7.55. The van der Waals surface area contributed by atoms with Crippen LogP contribution in [0.4, 0.5) is 0 Å². The van der Waals surface area contributed by atoms with Crippen molar-refractivity contribution in [1.82, 2.24) is 4.90 Å². The zero-order chi connectivity index (χ0) is 22.8. The molecule has 0 N–H and O–H groups in total. The van der Waals surface area contributed by atoms with Crippen molar-refractivity contribution < 1.29 is 19.1 Å². The maximum absolute atomic E-state index is 12.9. The lowest BCUT2D eigenvalue weighted by molar-refractivity contribution is -0.160. The predicted octanol–water partition coefficient (Wildman–Crippen LogP) is 5.53. The molecule has 3 unspecified atom stereocenters. The molecule has 1 aliphatic carbocycles. The number of carbonyl (C=O) groups excluding carboxylic acids is 2. The molecule has 3 atom stereocenters. The van der Waals surface area contributed by atoms with E-state index in [1.54, 1.807) is 12.2 Å². The highest BCUT2D eigenvalue weighted by Gasteiger charge is 2.41. The maximum Gasteiger partial charge on any atom is 0.225 e. The van der Waals surface area contributed by atoms with Crippen LogP contribution in [0, 0.1) is 0 Å². The second kappa shape index (κ2) is 12.7. The minimum absolute atomic E-state index is 0.0299. The lowest BCUT2D eigenvalue weighted by Crippen LogP contribution is -2.44. The molecule has 5 nitrogen and oxygen atoms in total. The summed E-state index contributed by atoms with van der Waals surface area (Å²) in [7, 11) is 0. The van der Waals surface area contributed by atoms with Crippen LogP contribution in [0.5, 0.6) is 0 Å². The Hall–Kier alpha value is -1.46. The van der Waals surface area contributed by atoms with E-state index in [1.807, 2.05) is 12.2 Å². The first-order chi connectivity index (χ1) is 15.5. The standard InChI is InChI=1S/C27H43NO4/c1-3-5-7-9-17-28(18-10-8-6-4-2)26(30)21-25-20-24(31-25)19-23-13-16-27(32-23)14-11-22(29)12-15-27/h11-12,14-15,23-25H,3-10,13,16-21H2,1-2H3. The Bertz CT molecular complexity index is 637. The number of rotatable bonds is 14. The molecular weight excluding hydrogens is 402 g/mol. The third-order valence-corrected chi connectivity index (χ3v) is 7.06. The van der Waals surface area contributed by atoms with Crippen molar-refractivity contribution in [3.05, 3.63) is 24.3 Å². The van der Waals surface area contributed by atoms with Gasteiger partial charge in [0.15, 0.2) is 5.78 Å². The van der Waals surface area contributed by atoms with E-state index in [0.29, 0.717) is 6.42 Å². The van der Waals surface area contributed by atoms with E-state index >= 15 is 0 Å². The molecule has 0 saturated carbocycles. The molecule has 0 bridgehead atoms. The first kappa shape index (κ1) is 25.2. The second-order valence-electron chi connectivity index (χ2n) is 9.86. The quantitative estimate of drug-likeness (QED) is 0.330. The number of ether oxygens (including phenoxy) is 2. The van der Waals surface area contributed by atoms with Gasteiger partial charge in [-0.25, -0.2) is 0 Å². The number of hydrogen-bond donors (Lipinski definition) is 0. The Morgan fingerprint density at radius 1 is 0.969 bits per heavy atom. The van der Waals surface area contributed by atoms with Gasteiger partial charge in [-0.2, -0.15) is 0 Å².